The summed E-state index contributed by atoms with van der Waals surface area (Å²) in [7, 11) is 0. The molecule has 0 bridgehead atoms. The van der Waals surface area contributed by atoms with Gasteiger partial charge in [-0.25, -0.2) is 9.78 Å². The first kappa shape index (κ1) is 16.9. The van der Waals surface area contributed by atoms with Crippen LogP contribution < -0.4 is 33.3 Å². The molecule has 1 fully saturated rings. The highest BCUT2D eigenvalue weighted by Gasteiger charge is 2.24. The second kappa shape index (κ2) is 7.69. The van der Waals surface area contributed by atoms with Crippen LogP contribution in [0.2, 0.25) is 0 Å². The lowest BCUT2D eigenvalue weighted by Crippen LogP contribution is -3.00. The predicted octanol–water partition coefficient (Wildman–Crippen LogP) is -0.954. The van der Waals surface area contributed by atoms with Gasteiger partial charge in [0.1, 0.15) is 5.69 Å². The SMILES string of the molecule is Nc1[nH+]c(NCc2ccccc2)ccc1N1CCCOC1=O.[Cl-]. The molecule has 1 aliphatic rings. The number of anilines is 3. The van der Waals surface area contributed by atoms with Gasteiger partial charge in [-0.2, -0.15) is 0 Å². The Balaban J connectivity index is 0.00000192. The molecular formula is C16H19ClN4O2. The van der Waals surface area contributed by atoms with Gasteiger partial charge in [-0.05, 0) is 18.1 Å². The fourth-order valence-corrected chi connectivity index (χ4v) is 2.40. The molecule has 0 spiro atoms. The third-order valence-corrected chi connectivity index (χ3v) is 3.54. The minimum absolute atomic E-state index is 0. The van der Waals surface area contributed by atoms with Gasteiger partial charge in [0.25, 0.3) is 0 Å². The minimum Gasteiger partial charge on any atom is -1.00 e. The number of H-pyrrole nitrogens is 1. The summed E-state index contributed by atoms with van der Waals surface area (Å²) in [6, 6.07) is 13.8. The lowest BCUT2D eigenvalue weighted by molar-refractivity contribution is -0.342. The van der Waals surface area contributed by atoms with E-state index in [0.717, 1.165) is 12.2 Å². The van der Waals surface area contributed by atoms with Crippen LogP contribution in [0.5, 0.6) is 0 Å². The highest BCUT2D eigenvalue weighted by Crippen LogP contribution is 2.23. The number of amides is 1. The number of cyclic esters (lactones) is 1. The van der Waals surface area contributed by atoms with Crippen molar-refractivity contribution in [1.82, 2.24) is 0 Å². The molecule has 7 heteroatoms. The van der Waals surface area contributed by atoms with Crippen molar-refractivity contribution >= 4 is 23.4 Å². The van der Waals surface area contributed by atoms with E-state index in [2.05, 4.69) is 22.4 Å². The third-order valence-electron chi connectivity index (χ3n) is 3.54. The fourth-order valence-electron chi connectivity index (χ4n) is 2.40. The van der Waals surface area contributed by atoms with Crippen LogP contribution >= 0.6 is 0 Å². The van der Waals surface area contributed by atoms with Gasteiger partial charge in [0.05, 0.1) is 13.2 Å². The average molecular weight is 335 g/mol. The van der Waals surface area contributed by atoms with E-state index in [1.807, 2.05) is 30.3 Å². The number of rotatable bonds is 4. The van der Waals surface area contributed by atoms with Gasteiger partial charge < -0.3 is 28.2 Å². The van der Waals surface area contributed by atoms with Crippen molar-refractivity contribution in [3.8, 4) is 0 Å². The molecule has 0 aliphatic carbocycles. The Morgan fingerprint density at radius 1 is 1.22 bits per heavy atom. The number of ether oxygens (including phenoxy) is 1. The smallest absolute Gasteiger partial charge is 0.414 e. The molecule has 0 atom stereocenters. The first-order valence-corrected chi connectivity index (χ1v) is 7.28. The van der Waals surface area contributed by atoms with Crippen molar-refractivity contribution in [3.63, 3.8) is 0 Å². The zero-order valence-electron chi connectivity index (χ0n) is 12.6. The highest BCUT2D eigenvalue weighted by molar-refractivity contribution is 5.90. The molecule has 0 unspecified atom stereocenters. The molecule has 0 radical (unpaired) electrons. The van der Waals surface area contributed by atoms with Crippen LogP contribution in [0.15, 0.2) is 42.5 Å². The number of nitrogens with two attached hydrogens (primary N) is 1. The zero-order valence-corrected chi connectivity index (χ0v) is 13.3. The molecule has 4 N–H and O–H groups in total. The van der Waals surface area contributed by atoms with E-state index in [1.54, 1.807) is 4.90 Å². The molecule has 23 heavy (non-hydrogen) atoms. The zero-order chi connectivity index (χ0) is 15.4. The fraction of sp³-hybridized carbons (Fsp3) is 0.250. The summed E-state index contributed by atoms with van der Waals surface area (Å²) < 4.78 is 5.04. The molecule has 1 aromatic heterocycles. The van der Waals surface area contributed by atoms with E-state index in [0.29, 0.717) is 31.2 Å². The van der Waals surface area contributed by atoms with Crippen LogP contribution in [0, 0.1) is 0 Å². The van der Waals surface area contributed by atoms with Crippen LogP contribution in [-0.2, 0) is 11.3 Å². The average Bonchev–Trinajstić information content (AvgIpc) is 2.55. The Hall–Kier alpha value is -2.47. The maximum atomic E-state index is 11.8. The molecule has 0 saturated carbocycles. The highest BCUT2D eigenvalue weighted by atomic mass is 35.5. The molecule has 1 amide bonds. The van der Waals surface area contributed by atoms with Gasteiger partial charge in [0.15, 0.2) is 0 Å². The van der Waals surface area contributed by atoms with Gasteiger partial charge in [-0.3, -0.25) is 4.90 Å². The van der Waals surface area contributed by atoms with Gasteiger partial charge in [-0.1, -0.05) is 30.3 Å². The number of aromatic nitrogens is 1. The van der Waals surface area contributed by atoms with Crippen LogP contribution in [0.1, 0.15) is 12.0 Å². The lowest BCUT2D eigenvalue weighted by atomic mass is 10.2. The van der Waals surface area contributed by atoms with Crippen molar-refractivity contribution in [1.29, 1.82) is 0 Å². The molecule has 1 aliphatic heterocycles. The summed E-state index contributed by atoms with van der Waals surface area (Å²) >= 11 is 0. The van der Waals surface area contributed by atoms with E-state index in [4.69, 9.17) is 10.5 Å². The van der Waals surface area contributed by atoms with Crippen molar-refractivity contribution in [2.45, 2.75) is 13.0 Å². The molecular weight excluding hydrogens is 316 g/mol. The molecule has 1 aromatic carbocycles. The van der Waals surface area contributed by atoms with Crippen LogP contribution in [0.4, 0.5) is 22.1 Å². The quantitative estimate of drug-likeness (QED) is 0.755. The molecule has 3 rings (SSSR count). The van der Waals surface area contributed by atoms with Crippen molar-refractivity contribution in [3.05, 3.63) is 48.0 Å². The Kier molecular flexibility index (Phi) is 5.65. The Morgan fingerprint density at radius 2 is 2.00 bits per heavy atom. The summed E-state index contributed by atoms with van der Waals surface area (Å²) in [6.45, 7) is 1.78. The Bertz CT molecular complexity index is 666. The standard InChI is InChI=1S/C16H18N4O2.ClH/c17-15-13(20-9-4-10-22-16(20)21)7-8-14(19-15)18-11-12-5-2-1-3-6-12;/h1-3,5-8H,4,9-11H2,(H3,17,18,19);1H. The maximum Gasteiger partial charge on any atom is 0.414 e. The largest absolute Gasteiger partial charge is 1.00 e. The molecule has 2 aromatic rings. The van der Waals surface area contributed by atoms with E-state index in [1.165, 1.54) is 5.56 Å². The second-order valence-corrected chi connectivity index (χ2v) is 5.13. The number of nitrogens with one attached hydrogen (secondary N) is 2. The number of nitrogens with zero attached hydrogens (tertiary/aromatic N) is 1. The van der Waals surface area contributed by atoms with Crippen molar-refractivity contribution < 1.29 is 26.9 Å². The van der Waals surface area contributed by atoms with Crippen LogP contribution in [-0.4, -0.2) is 19.2 Å². The number of hydrogen-bond acceptors (Lipinski definition) is 4. The lowest BCUT2D eigenvalue weighted by Gasteiger charge is -2.26. The summed E-state index contributed by atoms with van der Waals surface area (Å²) in [5, 5.41) is 3.27. The molecule has 1 saturated heterocycles. The number of carbonyl (C=O) groups is 1. The van der Waals surface area contributed by atoms with Gasteiger partial charge in [0, 0.05) is 12.6 Å². The summed E-state index contributed by atoms with van der Waals surface area (Å²) in [6.07, 6.45) is 0.454. The van der Waals surface area contributed by atoms with Crippen molar-refractivity contribution in [2.75, 3.05) is 29.1 Å². The normalized spacial score (nSPS) is 13.9. The number of benzene rings is 1. The van der Waals surface area contributed by atoms with Gasteiger partial charge in [0.2, 0.25) is 11.6 Å². The number of carbonyl (C=O) groups excluding carboxylic acids is 1. The van der Waals surface area contributed by atoms with E-state index >= 15 is 0 Å². The number of aromatic amines is 1. The van der Waals surface area contributed by atoms with Crippen molar-refractivity contribution in [2.24, 2.45) is 0 Å². The Labute approximate surface area is 141 Å². The minimum atomic E-state index is -0.351. The number of pyridine rings is 1. The van der Waals surface area contributed by atoms with E-state index in [9.17, 15) is 4.79 Å². The van der Waals surface area contributed by atoms with Gasteiger partial charge in [-0.15, -0.1) is 0 Å². The van der Waals surface area contributed by atoms with Gasteiger partial charge >= 0.3 is 6.09 Å². The predicted molar refractivity (Wildman–Crippen MR) is 84.5 cm³/mol. The Morgan fingerprint density at radius 3 is 2.70 bits per heavy atom. The molecule has 122 valence electrons. The maximum absolute atomic E-state index is 11.8. The summed E-state index contributed by atoms with van der Waals surface area (Å²) in [4.78, 5) is 16.4. The second-order valence-electron chi connectivity index (χ2n) is 5.13. The first-order chi connectivity index (χ1) is 10.7. The molecule has 2 heterocycles. The van der Waals surface area contributed by atoms with Crippen LogP contribution in [0.25, 0.3) is 0 Å². The summed E-state index contributed by atoms with van der Waals surface area (Å²) in [5.74, 6) is 1.24. The third kappa shape index (κ3) is 4.04. The first-order valence-electron chi connectivity index (χ1n) is 7.28. The number of hydrogen-bond donors (Lipinski definition) is 2. The van der Waals surface area contributed by atoms with E-state index < -0.39 is 0 Å². The number of halogens is 1. The topological polar surface area (TPSA) is 81.7 Å². The monoisotopic (exact) mass is 334 g/mol. The molecule has 6 nitrogen and oxygen atoms in total. The summed E-state index contributed by atoms with van der Waals surface area (Å²) in [5.41, 5.74) is 7.87. The van der Waals surface area contributed by atoms with E-state index in [-0.39, 0.29) is 18.5 Å². The number of nitrogen functional groups attached to an aromatic ring is 1. The van der Waals surface area contributed by atoms with Crippen LogP contribution in [0.3, 0.4) is 0 Å².